The standard InChI is InChI=1S/C20H23NO2/c21-20(22)15-14-18-12-6-7-13-19(18)23-16-8-2-5-11-17-9-3-1-4-10-17/h1,3-7,9-13H,2,8,14-16H2,(H2,21,22)/b11-5+. The normalized spacial score (nSPS) is 10.8. The van der Waals surface area contributed by atoms with Gasteiger partial charge in [-0.1, -0.05) is 60.7 Å². The molecule has 23 heavy (non-hydrogen) atoms. The molecule has 0 aliphatic carbocycles. The molecular weight excluding hydrogens is 286 g/mol. The molecule has 2 aromatic carbocycles. The Morgan fingerprint density at radius 2 is 1.78 bits per heavy atom. The molecule has 0 aromatic heterocycles. The van der Waals surface area contributed by atoms with E-state index in [1.165, 1.54) is 5.56 Å². The summed E-state index contributed by atoms with van der Waals surface area (Å²) in [5.41, 5.74) is 7.45. The van der Waals surface area contributed by atoms with E-state index in [4.69, 9.17) is 10.5 Å². The number of carbonyl (C=O) groups excluding carboxylic acids is 1. The summed E-state index contributed by atoms with van der Waals surface area (Å²) in [5, 5.41) is 0. The summed E-state index contributed by atoms with van der Waals surface area (Å²) in [7, 11) is 0. The van der Waals surface area contributed by atoms with Crippen LogP contribution in [0.3, 0.4) is 0 Å². The third kappa shape index (κ3) is 6.39. The van der Waals surface area contributed by atoms with Crippen LogP contribution in [-0.2, 0) is 11.2 Å². The number of benzene rings is 2. The van der Waals surface area contributed by atoms with Gasteiger partial charge in [-0.05, 0) is 36.5 Å². The molecule has 2 aromatic rings. The number of nitrogens with two attached hydrogens (primary N) is 1. The van der Waals surface area contributed by atoms with Gasteiger partial charge >= 0.3 is 0 Å². The molecule has 0 fully saturated rings. The van der Waals surface area contributed by atoms with Crippen molar-refractivity contribution < 1.29 is 9.53 Å². The van der Waals surface area contributed by atoms with E-state index in [1.54, 1.807) is 0 Å². The average Bonchev–Trinajstić information content (AvgIpc) is 2.58. The van der Waals surface area contributed by atoms with Gasteiger partial charge in [0, 0.05) is 6.42 Å². The summed E-state index contributed by atoms with van der Waals surface area (Å²) in [5.74, 6) is 0.562. The Bertz CT molecular complexity index is 635. The van der Waals surface area contributed by atoms with Crippen molar-refractivity contribution >= 4 is 12.0 Å². The summed E-state index contributed by atoms with van der Waals surface area (Å²) in [6, 6.07) is 18.1. The molecule has 0 heterocycles. The maximum atomic E-state index is 10.9. The fourth-order valence-corrected chi connectivity index (χ4v) is 2.28. The van der Waals surface area contributed by atoms with Crippen LogP contribution in [-0.4, -0.2) is 12.5 Å². The number of hydrogen-bond donors (Lipinski definition) is 1. The maximum Gasteiger partial charge on any atom is 0.217 e. The number of amides is 1. The lowest BCUT2D eigenvalue weighted by Crippen LogP contribution is -2.11. The van der Waals surface area contributed by atoms with Crippen molar-refractivity contribution in [2.45, 2.75) is 25.7 Å². The van der Waals surface area contributed by atoms with Crippen LogP contribution in [0.2, 0.25) is 0 Å². The summed E-state index contributed by atoms with van der Waals surface area (Å²) in [6.07, 6.45) is 7.18. The summed E-state index contributed by atoms with van der Waals surface area (Å²) in [6.45, 7) is 0.659. The molecule has 0 saturated heterocycles. The van der Waals surface area contributed by atoms with Crippen molar-refractivity contribution in [1.82, 2.24) is 0 Å². The number of unbranched alkanes of at least 4 members (excludes halogenated alkanes) is 1. The minimum absolute atomic E-state index is 0.286. The Morgan fingerprint density at radius 1 is 1.04 bits per heavy atom. The highest BCUT2D eigenvalue weighted by Gasteiger charge is 2.04. The van der Waals surface area contributed by atoms with Gasteiger partial charge in [-0.3, -0.25) is 4.79 Å². The van der Waals surface area contributed by atoms with Crippen LogP contribution in [0.1, 0.15) is 30.4 Å². The summed E-state index contributed by atoms with van der Waals surface area (Å²) in [4.78, 5) is 10.9. The van der Waals surface area contributed by atoms with Crippen molar-refractivity contribution in [3.63, 3.8) is 0 Å². The largest absolute Gasteiger partial charge is 0.493 e. The minimum atomic E-state index is -0.286. The van der Waals surface area contributed by atoms with E-state index in [-0.39, 0.29) is 5.91 Å². The van der Waals surface area contributed by atoms with Gasteiger partial charge in [-0.2, -0.15) is 0 Å². The zero-order valence-electron chi connectivity index (χ0n) is 13.3. The third-order valence-corrected chi connectivity index (χ3v) is 3.50. The molecule has 120 valence electrons. The van der Waals surface area contributed by atoms with E-state index in [9.17, 15) is 4.79 Å². The molecule has 0 bridgehead atoms. The summed E-state index contributed by atoms with van der Waals surface area (Å²) < 4.78 is 5.84. The van der Waals surface area contributed by atoms with Crippen molar-refractivity contribution in [2.75, 3.05) is 6.61 Å². The molecule has 0 aliphatic rings. The van der Waals surface area contributed by atoms with E-state index >= 15 is 0 Å². The zero-order valence-corrected chi connectivity index (χ0v) is 13.3. The average molecular weight is 309 g/mol. The fourth-order valence-electron chi connectivity index (χ4n) is 2.28. The first-order valence-electron chi connectivity index (χ1n) is 7.96. The lowest BCUT2D eigenvalue weighted by atomic mass is 10.1. The predicted octanol–water partition coefficient (Wildman–Crippen LogP) is 3.98. The molecule has 1 amide bonds. The molecule has 0 atom stereocenters. The second kappa shape index (κ2) is 9.46. The van der Waals surface area contributed by atoms with Crippen molar-refractivity contribution in [2.24, 2.45) is 5.73 Å². The number of rotatable bonds is 9. The SMILES string of the molecule is NC(=O)CCc1ccccc1OCCC/C=C/c1ccccc1. The topological polar surface area (TPSA) is 52.3 Å². The van der Waals surface area contributed by atoms with Crippen molar-refractivity contribution in [3.8, 4) is 5.75 Å². The summed E-state index contributed by atoms with van der Waals surface area (Å²) >= 11 is 0. The van der Waals surface area contributed by atoms with Crippen LogP contribution in [0.4, 0.5) is 0 Å². The maximum absolute atomic E-state index is 10.9. The number of hydrogen-bond acceptors (Lipinski definition) is 2. The lowest BCUT2D eigenvalue weighted by molar-refractivity contribution is -0.117. The minimum Gasteiger partial charge on any atom is -0.493 e. The van der Waals surface area contributed by atoms with E-state index < -0.39 is 0 Å². The van der Waals surface area contributed by atoms with Crippen molar-refractivity contribution in [1.29, 1.82) is 0 Å². The molecule has 3 heteroatoms. The molecule has 0 aliphatic heterocycles. The molecular formula is C20H23NO2. The van der Waals surface area contributed by atoms with E-state index in [2.05, 4.69) is 24.3 Å². The zero-order chi connectivity index (χ0) is 16.3. The van der Waals surface area contributed by atoms with E-state index in [0.29, 0.717) is 19.4 Å². The Balaban J connectivity index is 1.74. The second-order valence-electron chi connectivity index (χ2n) is 5.38. The predicted molar refractivity (Wildman–Crippen MR) is 94.2 cm³/mol. The smallest absolute Gasteiger partial charge is 0.217 e. The number of allylic oxidation sites excluding steroid dienone is 1. The molecule has 0 saturated carbocycles. The Kier molecular flexibility index (Phi) is 6.92. The van der Waals surface area contributed by atoms with Crippen LogP contribution in [0.5, 0.6) is 5.75 Å². The van der Waals surface area contributed by atoms with Crippen LogP contribution >= 0.6 is 0 Å². The van der Waals surface area contributed by atoms with Crippen LogP contribution in [0.25, 0.3) is 6.08 Å². The van der Waals surface area contributed by atoms with Gasteiger partial charge in [0.15, 0.2) is 0 Å². The highest BCUT2D eigenvalue weighted by atomic mass is 16.5. The molecule has 2 rings (SSSR count). The van der Waals surface area contributed by atoms with Gasteiger partial charge in [-0.15, -0.1) is 0 Å². The molecule has 0 spiro atoms. The monoisotopic (exact) mass is 309 g/mol. The van der Waals surface area contributed by atoms with Gasteiger partial charge in [0.05, 0.1) is 6.61 Å². The van der Waals surface area contributed by atoms with E-state index in [1.807, 2.05) is 42.5 Å². The van der Waals surface area contributed by atoms with Crippen LogP contribution in [0.15, 0.2) is 60.7 Å². The van der Waals surface area contributed by atoms with Crippen LogP contribution < -0.4 is 10.5 Å². The number of para-hydroxylation sites is 1. The molecule has 3 nitrogen and oxygen atoms in total. The van der Waals surface area contributed by atoms with Crippen molar-refractivity contribution in [3.05, 3.63) is 71.8 Å². The van der Waals surface area contributed by atoms with E-state index in [0.717, 1.165) is 24.2 Å². The number of primary amides is 1. The van der Waals surface area contributed by atoms with Crippen LogP contribution in [0, 0.1) is 0 Å². The molecule has 2 N–H and O–H groups in total. The first-order valence-corrected chi connectivity index (χ1v) is 7.96. The van der Waals surface area contributed by atoms with Gasteiger partial charge in [0.25, 0.3) is 0 Å². The quantitative estimate of drug-likeness (QED) is 0.712. The highest BCUT2D eigenvalue weighted by Crippen LogP contribution is 2.19. The van der Waals surface area contributed by atoms with Gasteiger partial charge < -0.3 is 10.5 Å². The number of ether oxygens (including phenoxy) is 1. The fraction of sp³-hybridized carbons (Fsp3) is 0.250. The Morgan fingerprint density at radius 3 is 2.57 bits per heavy atom. The number of aryl methyl sites for hydroxylation is 1. The molecule has 0 radical (unpaired) electrons. The van der Waals surface area contributed by atoms with Gasteiger partial charge in [-0.25, -0.2) is 0 Å². The number of carbonyl (C=O) groups is 1. The Labute approximate surface area is 137 Å². The lowest BCUT2D eigenvalue weighted by Gasteiger charge is -2.10. The first kappa shape index (κ1) is 16.8. The molecule has 0 unspecified atom stereocenters. The van der Waals surface area contributed by atoms with Gasteiger partial charge in [0.1, 0.15) is 5.75 Å². The first-order chi connectivity index (χ1) is 11.3. The third-order valence-electron chi connectivity index (χ3n) is 3.50. The second-order valence-corrected chi connectivity index (χ2v) is 5.38. The van der Waals surface area contributed by atoms with Gasteiger partial charge in [0.2, 0.25) is 5.91 Å². The Hall–Kier alpha value is -2.55. The highest BCUT2D eigenvalue weighted by molar-refractivity contribution is 5.74.